The second-order valence-corrected chi connectivity index (χ2v) is 4.94. The number of hydrogen-bond acceptors (Lipinski definition) is 3. The summed E-state index contributed by atoms with van der Waals surface area (Å²) < 4.78 is 0. The lowest BCUT2D eigenvalue weighted by Gasteiger charge is -2.13. The number of carbonyl (C=O) groups excluding carboxylic acids is 3. The first-order chi connectivity index (χ1) is 7.50. The summed E-state index contributed by atoms with van der Waals surface area (Å²) in [5.74, 6) is -0.474. The van der Waals surface area contributed by atoms with Gasteiger partial charge in [0.05, 0.1) is 0 Å². The molecule has 2 amide bonds. The largest absolute Gasteiger partial charge is 0.300 e. The number of nitrogens with zero attached hydrogens (tertiary/aromatic N) is 1. The molecule has 2 aliphatic rings. The number of carbonyl (C=O) groups is 3. The molecule has 4 nitrogen and oxygen atoms in total. The molecular formula is C12H15NO3. The number of rotatable bonds is 5. The SMILES string of the molecule is CC1(CC(=O)CCN2C(=O)C=CC2=O)CC1. The van der Waals surface area contributed by atoms with E-state index >= 15 is 0 Å². The van der Waals surface area contributed by atoms with E-state index in [1.807, 2.05) is 0 Å². The van der Waals surface area contributed by atoms with Crippen molar-refractivity contribution in [2.24, 2.45) is 5.41 Å². The van der Waals surface area contributed by atoms with Crippen LogP contribution in [0.1, 0.15) is 32.6 Å². The van der Waals surface area contributed by atoms with Crippen molar-refractivity contribution in [3.05, 3.63) is 12.2 Å². The van der Waals surface area contributed by atoms with Gasteiger partial charge >= 0.3 is 0 Å². The van der Waals surface area contributed by atoms with Crippen LogP contribution in [0.3, 0.4) is 0 Å². The third-order valence-electron chi connectivity index (χ3n) is 3.24. The Morgan fingerprint density at radius 2 is 1.88 bits per heavy atom. The lowest BCUT2D eigenvalue weighted by atomic mass is 10.0. The van der Waals surface area contributed by atoms with Crippen LogP contribution >= 0.6 is 0 Å². The van der Waals surface area contributed by atoms with Gasteiger partial charge in [-0.25, -0.2) is 0 Å². The van der Waals surface area contributed by atoms with Crippen molar-refractivity contribution in [1.82, 2.24) is 4.90 Å². The van der Waals surface area contributed by atoms with E-state index in [0.29, 0.717) is 6.42 Å². The summed E-state index contributed by atoms with van der Waals surface area (Å²) in [6.45, 7) is 2.32. The van der Waals surface area contributed by atoms with E-state index in [1.54, 1.807) is 0 Å². The van der Waals surface area contributed by atoms with Crippen LogP contribution in [0.2, 0.25) is 0 Å². The van der Waals surface area contributed by atoms with Crippen LogP contribution in [0, 0.1) is 5.41 Å². The monoisotopic (exact) mass is 221 g/mol. The fraction of sp³-hybridized carbons (Fsp3) is 0.583. The van der Waals surface area contributed by atoms with Crippen molar-refractivity contribution < 1.29 is 14.4 Å². The highest BCUT2D eigenvalue weighted by Crippen LogP contribution is 2.48. The highest BCUT2D eigenvalue weighted by Gasteiger charge is 2.39. The first-order valence-electron chi connectivity index (χ1n) is 5.55. The maximum atomic E-state index is 11.6. The summed E-state index contributed by atoms with van der Waals surface area (Å²) in [7, 11) is 0. The van der Waals surface area contributed by atoms with E-state index in [0.717, 1.165) is 17.7 Å². The van der Waals surface area contributed by atoms with Gasteiger partial charge in [0.2, 0.25) is 0 Å². The van der Waals surface area contributed by atoms with Crippen molar-refractivity contribution in [2.45, 2.75) is 32.6 Å². The smallest absolute Gasteiger partial charge is 0.253 e. The van der Waals surface area contributed by atoms with Crippen molar-refractivity contribution in [3.8, 4) is 0 Å². The van der Waals surface area contributed by atoms with Gasteiger partial charge in [-0.3, -0.25) is 19.3 Å². The zero-order chi connectivity index (χ0) is 11.8. The molecular weight excluding hydrogens is 206 g/mol. The second kappa shape index (κ2) is 3.85. The lowest BCUT2D eigenvalue weighted by molar-refractivity contribution is -0.137. The van der Waals surface area contributed by atoms with Crippen molar-refractivity contribution >= 4 is 17.6 Å². The first kappa shape index (κ1) is 11.0. The Kier molecular flexibility index (Phi) is 2.66. The van der Waals surface area contributed by atoms with Gasteiger partial charge in [0, 0.05) is 31.5 Å². The Hall–Kier alpha value is -1.45. The Morgan fingerprint density at radius 1 is 1.31 bits per heavy atom. The molecule has 0 spiro atoms. The normalized spacial score (nSPS) is 21.7. The second-order valence-electron chi connectivity index (χ2n) is 4.94. The molecule has 1 fully saturated rings. The summed E-state index contributed by atoms with van der Waals surface area (Å²) in [6, 6.07) is 0. The van der Waals surface area contributed by atoms with Crippen molar-refractivity contribution in [3.63, 3.8) is 0 Å². The summed E-state index contributed by atoms with van der Waals surface area (Å²) in [4.78, 5) is 35.1. The first-order valence-corrected chi connectivity index (χ1v) is 5.55. The quantitative estimate of drug-likeness (QED) is 0.652. The van der Waals surface area contributed by atoms with E-state index in [4.69, 9.17) is 0 Å². The molecule has 1 aliphatic carbocycles. The molecule has 1 saturated carbocycles. The van der Waals surface area contributed by atoms with Crippen LogP contribution in [-0.2, 0) is 14.4 Å². The maximum absolute atomic E-state index is 11.6. The van der Waals surface area contributed by atoms with Gasteiger partial charge < -0.3 is 0 Å². The Bertz CT molecular complexity index is 362. The van der Waals surface area contributed by atoms with Crippen LogP contribution in [0.25, 0.3) is 0 Å². The minimum Gasteiger partial charge on any atom is -0.300 e. The summed E-state index contributed by atoms with van der Waals surface area (Å²) >= 11 is 0. The van der Waals surface area contributed by atoms with E-state index in [-0.39, 0.29) is 36.0 Å². The predicted molar refractivity (Wildman–Crippen MR) is 57.4 cm³/mol. The average Bonchev–Trinajstić information content (AvgIpc) is 2.83. The van der Waals surface area contributed by atoms with Crippen molar-refractivity contribution in [1.29, 1.82) is 0 Å². The molecule has 0 N–H and O–H groups in total. The van der Waals surface area contributed by atoms with E-state index in [1.165, 1.54) is 12.2 Å². The van der Waals surface area contributed by atoms with Gasteiger partial charge in [0.15, 0.2) is 0 Å². The fourth-order valence-corrected chi connectivity index (χ4v) is 1.84. The summed E-state index contributed by atoms with van der Waals surface area (Å²) in [5, 5.41) is 0. The minimum absolute atomic E-state index is 0.146. The van der Waals surface area contributed by atoms with E-state index in [9.17, 15) is 14.4 Å². The Balaban J connectivity index is 1.77. The molecule has 2 rings (SSSR count). The molecule has 1 heterocycles. The Labute approximate surface area is 94.3 Å². The number of ketones is 1. The van der Waals surface area contributed by atoms with Gasteiger partial charge in [-0.05, 0) is 18.3 Å². The molecule has 0 bridgehead atoms. The topological polar surface area (TPSA) is 54.5 Å². The number of hydrogen-bond donors (Lipinski definition) is 0. The van der Waals surface area contributed by atoms with E-state index < -0.39 is 0 Å². The van der Waals surface area contributed by atoms with Gasteiger partial charge in [0.1, 0.15) is 5.78 Å². The molecule has 0 radical (unpaired) electrons. The molecule has 86 valence electrons. The lowest BCUT2D eigenvalue weighted by Crippen LogP contribution is -2.32. The van der Waals surface area contributed by atoms with Gasteiger partial charge in [-0.2, -0.15) is 0 Å². The fourth-order valence-electron chi connectivity index (χ4n) is 1.84. The molecule has 1 aliphatic heterocycles. The standard InChI is InChI=1S/C12H15NO3/c1-12(5-6-12)8-9(14)4-7-13-10(15)2-3-11(13)16/h2-3H,4-8H2,1H3. The maximum Gasteiger partial charge on any atom is 0.253 e. The van der Waals surface area contributed by atoms with Crippen LogP contribution in [0.15, 0.2) is 12.2 Å². The molecule has 0 atom stereocenters. The van der Waals surface area contributed by atoms with Crippen LogP contribution in [0.5, 0.6) is 0 Å². The zero-order valence-corrected chi connectivity index (χ0v) is 9.36. The van der Waals surface area contributed by atoms with Crippen molar-refractivity contribution in [2.75, 3.05) is 6.54 Å². The van der Waals surface area contributed by atoms with Gasteiger partial charge in [0.25, 0.3) is 11.8 Å². The zero-order valence-electron chi connectivity index (χ0n) is 9.36. The molecule has 0 saturated heterocycles. The molecule has 0 aromatic carbocycles. The van der Waals surface area contributed by atoms with Crippen LogP contribution < -0.4 is 0 Å². The molecule has 0 aromatic heterocycles. The predicted octanol–water partition coefficient (Wildman–Crippen LogP) is 1.06. The van der Waals surface area contributed by atoms with Crippen LogP contribution in [0.4, 0.5) is 0 Å². The summed E-state index contributed by atoms with van der Waals surface area (Å²) in [5.41, 5.74) is 0.203. The van der Waals surface area contributed by atoms with E-state index in [2.05, 4.69) is 6.92 Å². The average molecular weight is 221 g/mol. The van der Waals surface area contributed by atoms with Crippen LogP contribution in [-0.4, -0.2) is 29.0 Å². The third kappa shape index (κ3) is 2.38. The molecule has 16 heavy (non-hydrogen) atoms. The number of imide groups is 1. The molecule has 0 aromatic rings. The Morgan fingerprint density at radius 3 is 2.38 bits per heavy atom. The molecule has 0 unspecified atom stereocenters. The molecule has 4 heteroatoms. The number of Topliss-reactive ketones (excluding diaryl/α,β-unsaturated/α-hetero) is 1. The number of amides is 2. The van der Waals surface area contributed by atoms with Gasteiger partial charge in [-0.1, -0.05) is 6.92 Å². The highest BCUT2D eigenvalue weighted by molar-refractivity contribution is 6.13. The third-order valence-corrected chi connectivity index (χ3v) is 3.24. The summed E-state index contributed by atoms with van der Waals surface area (Å²) in [6.07, 6.45) is 5.58. The highest BCUT2D eigenvalue weighted by atomic mass is 16.2. The minimum atomic E-state index is -0.310. The van der Waals surface area contributed by atoms with Gasteiger partial charge in [-0.15, -0.1) is 0 Å².